The number of nitrogens with two attached hydrogens (primary N) is 2. The van der Waals surface area contributed by atoms with Gasteiger partial charge in [-0.1, -0.05) is 48.5 Å². The maximum absolute atomic E-state index is 14.1. The molecular weight excluding hydrogens is 505 g/mol. The SMILES string of the molecule is Cc1cc(C)cc(N(C(=O)c2snc(C(N)=O)c2N)[C@@H](C(=O)NCc2ccccc2)c2ccc(F)cc2)c1. The van der Waals surface area contributed by atoms with E-state index in [9.17, 15) is 18.8 Å². The van der Waals surface area contributed by atoms with Crippen molar-refractivity contribution in [2.45, 2.75) is 26.4 Å². The molecule has 1 aromatic heterocycles. The second-order valence-corrected chi connectivity index (χ2v) is 9.59. The van der Waals surface area contributed by atoms with Gasteiger partial charge in [-0.2, -0.15) is 4.37 Å². The van der Waals surface area contributed by atoms with Gasteiger partial charge in [0, 0.05) is 12.2 Å². The first-order valence-electron chi connectivity index (χ1n) is 11.7. The molecule has 194 valence electrons. The number of nitrogens with zero attached hydrogens (tertiary/aromatic N) is 2. The number of carbonyl (C=O) groups is 3. The van der Waals surface area contributed by atoms with Crippen molar-refractivity contribution in [2.75, 3.05) is 10.6 Å². The second kappa shape index (κ2) is 11.2. The van der Waals surface area contributed by atoms with Crippen LogP contribution in [0.25, 0.3) is 0 Å². The number of anilines is 2. The smallest absolute Gasteiger partial charge is 0.273 e. The Morgan fingerprint density at radius 1 is 1.00 bits per heavy atom. The number of primary amides is 1. The number of rotatable bonds is 8. The Hall–Kier alpha value is -4.57. The van der Waals surface area contributed by atoms with Crippen LogP contribution in [0.2, 0.25) is 0 Å². The lowest BCUT2D eigenvalue weighted by Crippen LogP contribution is -2.44. The number of nitrogens with one attached hydrogen (secondary N) is 1. The summed E-state index contributed by atoms with van der Waals surface area (Å²) in [5.41, 5.74) is 14.5. The lowest BCUT2D eigenvalue weighted by molar-refractivity contribution is -0.122. The van der Waals surface area contributed by atoms with Crippen LogP contribution in [0, 0.1) is 19.7 Å². The number of hydrogen-bond donors (Lipinski definition) is 3. The first kappa shape index (κ1) is 26.5. The van der Waals surface area contributed by atoms with E-state index in [0.29, 0.717) is 11.3 Å². The summed E-state index contributed by atoms with van der Waals surface area (Å²) in [7, 11) is 0. The zero-order valence-electron chi connectivity index (χ0n) is 20.8. The van der Waals surface area contributed by atoms with Gasteiger partial charge in [0.1, 0.15) is 16.7 Å². The first-order chi connectivity index (χ1) is 18.2. The molecule has 0 fully saturated rings. The van der Waals surface area contributed by atoms with E-state index >= 15 is 0 Å². The van der Waals surface area contributed by atoms with Crippen molar-refractivity contribution in [1.29, 1.82) is 0 Å². The highest BCUT2D eigenvalue weighted by atomic mass is 32.1. The number of amides is 3. The van der Waals surface area contributed by atoms with E-state index in [4.69, 9.17) is 11.5 Å². The second-order valence-electron chi connectivity index (χ2n) is 8.82. The lowest BCUT2D eigenvalue weighted by atomic mass is 10.0. The van der Waals surface area contributed by atoms with Crippen LogP contribution in [0.4, 0.5) is 15.8 Å². The molecule has 3 amide bonds. The van der Waals surface area contributed by atoms with Gasteiger partial charge >= 0.3 is 0 Å². The molecule has 10 heteroatoms. The number of halogens is 1. The molecule has 0 aliphatic rings. The zero-order chi connectivity index (χ0) is 27.4. The minimum absolute atomic E-state index is 0.0408. The summed E-state index contributed by atoms with van der Waals surface area (Å²) in [5.74, 6) is -2.50. The van der Waals surface area contributed by atoms with Crippen LogP contribution in [-0.2, 0) is 11.3 Å². The summed E-state index contributed by atoms with van der Waals surface area (Å²) in [5, 5.41) is 2.89. The van der Waals surface area contributed by atoms with Gasteiger partial charge in [-0.3, -0.25) is 19.3 Å². The maximum atomic E-state index is 14.1. The predicted octanol–water partition coefficient (Wildman–Crippen LogP) is 4.28. The molecule has 0 unspecified atom stereocenters. The van der Waals surface area contributed by atoms with Gasteiger partial charge < -0.3 is 16.8 Å². The quantitative estimate of drug-likeness (QED) is 0.312. The van der Waals surface area contributed by atoms with Gasteiger partial charge in [0.05, 0.1) is 5.69 Å². The summed E-state index contributed by atoms with van der Waals surface area (Å²) < 4.78 is 17.8. The van der Waals surface area contributed by atoms with Crippen LogP contribution in [0.1, 0.15) is 48.5 Å². The standard InChI is InChI=1S/C28H26FN5O3S/c1-16-12-17(2)14-21(13-16)34(28(37)25-22(30)23(26(31)35)33-38-25)24(19-8-10-20(29)11-9-19)27(36)32-15-18-6-4-3-5-7-18/h3-14,24H,15,30H2,1-2H3,(H2,31,35)(H,32,36)/t24-/m1/s1. The zero-order valence-corrected chi connectivity index (χ0v) is 21.6. The number of hydrogen-bond acceptors (Lipinski definition) is 6. The number of aryl methyl sites for hydroxylation is 2. The highest BCUT2D eigenvalue weighted by molar-refractivity contribution is 7.09. The van der Waals surface area contributed by atoms with Crippen molar-refractivity contribution in [3.63, 3.8) is 0 Å². The van der Waals surface area contributed by atoms with E-state index in [1.165, 1.54) is 29.2 Å². The van der Waals surface area contributed by atoms with Crippen LogP contribution in [0.15, 0.2) is 72.8 Å². The molecule has 0 bridgehead atoms. The first-order valence-corrected chi connectivity index (χ1v) is 12.5. The fraction of sp³-hybridized carbons (Fsp3) is 0.143. The Morgan fingerprint density at radius 2 is 1.63 bits per heavy atom. The van der Waals surface area contributed by atoms with Crippen LogP contribution in [0.3, 0.4) is 0 Å². The van der Waals surface area contributed by atoms with E-state index < -0.39 is 29.6 Å². The van der Waals surface area contributed by atoms with Gasteiger partial charge in [-0.25, -0.2) is 4.39 Å². The van der Waals surface area contributed by atoms with E-state index in [1.807, 2.05) is 50.2 Å². The van der Waals surface area contributed by atoms with Crippen molar-refractivity contribution < 1.29 is 18.8 Å². The van der Waals surface area contributed by atoms with Crippen molar-refractivity contribution in [3.8, 4) is 0 Å². The third-order valence-electron chi connectivity index (χ3n) is 5.86. The lowest BCUT2D eigenvalue weighted by Gasteiger charge is -2.32. The van der Waals surface area contributed by atoms with Crippen molar-refractivity contribution in [1.82, 2.24) is 9.69 Å². The summed E-state index contributed by atoms with van der Waals surface area (Å²) >= 11 is 0.722. The van der Waals surface area contributed by atoms with Gasteiger partial charge in [-0.05, 0) is 71.9 Å². The molecule has 0 saturated carbocycles. The third kappa shape index (κ3) is 5.70. The van der Waals surface area contributed by atoms with Crippen molar-refractivity contribution in [3.05, 3.63) is 111 Å². The highest BCUT2D eigenvalue weighted by Crippen LogP contribution is 2.34. The van der Waals surface area contributed by atoms with E-state index in [-0.39, 0.29) is 22.8 Å². The largest absolute Gasteiger partial charge is 0.395 e. The monoisotopic (exact) mass is 531 g/mol. The molecule has 1 heterocycles. The van der Waals surface area contributed by atoms with Crippen molar-refractivity contribution >= 4 is 40.6 Å². The van der Waals surface area contributed by atoms with Crippen LogP contribution >= 0.6 is 11.5 Å². The maximum Gasteiger partial charge on any atom is 0.273 e. The highest BCUT2D eigenvalue weighted by Gasteiger charge is 2.36. The van der Waals surface area contributed by atoms with Gasteiger partial charge in [0.25, 0.3) is 11.8 Å². The fourth-order valence-electron chi connectivity index (χ4n) is 4.16. The van der Waals surface area contributed by atoms with Gasteiger partial charge in [-0.15, -0.1) is 0 Å². The summed E-state index contributed by atoms with van der Waals surface area (Å²) in [6.07, 6.45) is 0. The summed E-state index contributed by atoms with van der Waals surface area (Å²) in [6, 6.07) is 18.9. The van der Waals surface area contributed by atoms with Crippen LogP contribution < -0.4 is 21.7 Å². The third-order valence-corrected chi connectivity index (χ3v) is 6.71. The molecule has 38 heavy (non-hydrogen) atoms. The summed E-state index contributed by atoms with van der Waals surface area (Å²) in [6.45, 7) is 3.95. The molecule has 0 aliphatic heterocycles. The average Bonchev–Trinajstić information content (AvgIpc) is 3.27. The molecule has 0 spiro atoms. The molecule has 0 aliphatic carbocycles. The normalized spacial score (nSPS) is 11.6. The van der Waals surface area contributed by atoms with E-state index in [0.717, 1.165) is 28.2 Å². The molecule has 0 radical (unpaired) electrons. The molecule has 5 N–H and O–H groups in total. The molecule has 4 rings (SSSR count). The van der Waals surface area contributed by atoms with E-state index in [2.05, 4.69) is 9.69 Å². The van der Waals surface area contributed by atoms with Gasteiger partial charge in [0.15, 0.2) is 5.69 Å². The van der Waals surface area contributed by atoms with Crippen molar-refractivity contribution in [2.24, 2.45) is 5.73 Å². The Bertz CT molecular complexity index is 1470. The average molecular weight is 532 g/mol. The number of nitrogen functional groups attached to an aromatic ring is 1. The fourth-order valence-corrected chi connectivity index (χ4v) is 4.90. The number of carbonyl (C=O) groups excluding carboxylic acids is 3. The molecule has 0 saturated heterocycles. The molecule has 3 aromatic carbocycles. The Kier molecular flexibility index (Phi) is 7.82. The summed E-state index contributed by atoms with van der Waals surface area (Å²) in [4.78, 5) is 40.9. The number of benzene rings is 3. The Morgan fingerprint density at radius 3 is 2.21 bits per heavy atom. The topological polar surface area (TPSA) is 131 Å². The minimum atomic E-state index is -1.20. The van der Waals surface area contributed by atoms with Crippen LogP contribution in [-0.4, -0.2) is 22.1 Å². The van der Waals surface area contributed by atoms with Crippen LogP contribution in [0.5, 0.6) is 0 Å². The minimum Gasteiger partial charge on any atom is -0.395 e. The predicted molar refractivity (Wildman–Crippen MR) is 145 cm³/mol. The molecule has 8 nitrogen and oxygen atoms in total. The number of aromatic nitrogens is 1. The molecule has 4 aromatic rings. The van der Waals surface area contributed by atoms with Gasteiger partial charge in [0.2, 0.25) is 5.91 Å². The Labute approximate surface area is 223 Å². The Balaban J connectivity index is 1.86. The van der Waals surface area contributed by atoms with E-state index in [1.54, 1.807) is 12.1 Å². The molecular formula is C28H26FN5O3S. The molecule has 1 atom stereocenters.